The molecule has 0 amide bonds. The van der Waals surface area contributed by atoms with Gasteiger partial charge in [-0.1, -0.05) is 35.5 Å². The maximum absolute atomic E-state index is 9.95. The first-order valence-electron chi connectivity index (χ1n) is 8.35. The molecule has 1 aromatic heterocycles. The van der Waals surface area contributed by atoms with Crippen molar-refractivity contribution in [2.24, 2.45) is 0 Å². The van der Waals surface area contributed by atoms with Crippen LogP contribution in [0.15, 0.2) is 36.5 Å². The van der Waals surface area contributed by atoms with Crippen LogP contribution in [-0.4, -0.2) is 66.1 Å². The molecule has 1 aliphatic rings. The van der Waals surface area contributed by atoms with E-state index in [2.05, 4.69) is 22.4 Å². The normalized spacial score (nSPS) is 29.7. The predicted molar refractivity (Wildman–Crippen MR) is 87.4 cm³/mol. The van der Waals surface area contributed by atoms with Crippen molar-refractivity contribution in [2.75, 3.05) is 0 Å². The lowest BCUT2D eigenvalue weighted by Crippen LogP contribution is -2.58. The summed E-state index contributed by atoms with van der Waals surface area (Å²) in [5.74, 6) is 0. The fraction of sp³-hybridized carbons (Fsp3) is 0.529. The first kappa shape index (κ1) is 18.0. The van der Waals surface area contributed by atoms with E-state index in [-0.39, 0.29) is 6.54 Å². The fourth-order valence-electron chi connectivity index (χ4n) is 2.93. The van der Waals surface area contributed by atoms with Crippen molar-refractivity contribution in [2.45, 2.75) is 56.5 Å². The maximum atomic E-state index is 9.95. The average Bonchev–Trinajstić information content (AvgIpc) is 3.06. The molecule has 1 fully saturated rings. The van der Waals surface area contributed by atoms with Crippen LogP contribution in [0.2, 0.25) is 0 Å². The molecule has 8 nitrogen and oxygen atoms in total. The van der Waals surface area contributed by atoms with E-state index >= 15 is 0 Å². The second kappa shape index (κ2) is 8.03. The molecule has 0 saturated carbocycles. The van der Waals surface area contributed by atoms with Gasteiger partial charge in [-0.25, -0.2) is 4.68 Å². The summed E-state index contributed by atoms with van der Waals surface area (Å²) in [6.07, 6.45) is -2.33. The van der Waals surface area contributed by atoms with E-state index in [1.807, 2.05) is 18.2 Å². The molecule has 1 unspecified atom stereocenters. The number of hydrogen-bond acceptors (Lipinski definition) is 7. The Balaban J connectivity index is 1.51. The van der Waals surface area contributed by atoms with E-state index < -0.39 is 30.7 Å². The molecule has 5 atom stereocenters. The lowest BCUT2D eigenvalue weighted by Gasteiger charge is -2.38. The molecule has 3 rings (SSSR count). The van der Waals surface area contributed by atoms with Crippen molar-refractivity contribution >= 4 is 0 Å². The first-order valence-corrected chi connectivity index (χ1v) is 8.35. The van der Waals surface area contributed by atoms with E-state index in [0.29, 0.717) is 0 Å². The van der Waals surface area contributed by atoms with Gasteiger partial charge in [-0.3, -0.25) is 0 Å². The van der Waals surface area contributed by atoms with Gasteiger partial charge in [0.1, 0.15) is 24.4 Å². The van der Waals surface area contributed by atoms with E-state index in [1.165, 1.54) is 10.2 Å². The Morgan fingerprint density at radius 2 is 1.72 bits per heavy atom. The van der Waals surface area contributed by atoms with Gasteiger partial charge in [0.05, 0.1) is 12.2 Å². The Bertz CT molecular complexity index is 665. The minimum atomic E-state index is -1.54. The highest BCUT2D eigenvalue weighted by Crippen LogP contribution is 2.21. The topological polar surface area (TPSA) is 121 Å². The Hall–Kier alpha value is -1.84. The summed E-state index contributed by atoms with van der Waals surface area (Å²) >= 11 is 0. The second-order valence-electron chi connectivity index (χ2n) is 6.31. The molecule has 0 aliphatic carbocycles. The van der Waals surface area contributed by atoms with Crippen LogP contribution in [-0.2, 0) is 24.1 Å². The molecular formula is C17H23N3O5. The summed E-state index contributed by atoms with van der Waals surface area (Å²) in [6, 6.07) is 10.2. The molecule has 4 N–H and O–H groups in total. The molecule has 2 heterocycles. The van der Waals surface area contributed by atoms with Crippen molar-refractivity contribution in [1.29, 1.82) is 0 Å². The highest BCUT2D eigenvalue weighted by molar-refractivity contribution is 5.14. The maximum Gasteiger partial charge on any atom is 0.184 e. The van der Waals surface area contributed by atoms with Crippen LogP contribution < -0.4 is 0 Å². The van der Waals surface area contributed by atoms with Gasteiger partial charge in [0.25, 0.3) is 0 Å². The van der Waals surface area contributed by atoms with Crippen molar-refractivity contribution < 1.29 is 25.2 Å². The van der Waals surface area contributed by atoms with Gasteiger partial charge < -0.3 is 25.2 Å². The lowest BCUT2D eigenvalue weighted by atomic mass is 9.99. The molecule has 1 saturated heterocycles. The van der Waals surface area contributed by atoms with E-state index in [4.69, 9.17) is 4.74 Å². The van der Waals surface area contributed by atoms with Crippen molar-refractivity contribution in [3.05, 3.63) is 47.8 Å². The van der Waals surface area contributed by atoms with Crippen LogP contribution >= 0.6 is 0 Å². The number of rotatable bonds is 6. The zero-order valence-corrected chi connectivity index (χ0v) is 13.7. The number of aryl methyl sites for hydroxylation is 2. The van der Waals surface area contributed by atoms with Gasteiger partial charge in [-0.05, 0) is 24.8 Å². The molecule has 25 heavy (non-hydrogen) atoms. The molecule has 0 radical (unpaired) electrons. The molecule has 136 valence electrons. The zero-order valence-electron chi connectivity index (χ0n) is 13.7. The molecular weight excluding hydrogens is 326 g/mol. The third kappa shape index (κ3) is 4.42. The number of benzene rings is 1. The fourth-order valence-corrected chi connectivity index (χ4v) is 2.93. The summed E-state index contributed by atoms with van der Waals surface area (Å²) in [5.41, 5.74) is 2.09. The number of nitrogens with zero attached hydrogens (tertiary/aromatic N) is 3. The van der Waals surface area contributed by atoms with E-state index in [9.17, 15) is 20.4 Å². The Labute approximate surface area is 145 Å². The molecule has 2 aromatic rings. The number of ether oxygens (including phenoxy) is 1. The quantitative estimate of drug-likeness (QED) is 0.542. The number of hydrogen-bond donors (Lipinski definition) is 4. The minimum absolute atomic E-state index is 0.119. The second-order valence-corrected chi connectivity index (χ2v) is 6.31. The van der Waals surface area contributed by atoms with Gasteiger partial charge in [0, 0.05) is 6.20 Å². The third-order valence-electron chi connectivity index (χ3n) is 4.38. The zero-order chi connectivity index (χ0) is 17.8. The summed E-state index contributed by atoms with van der Waals surface area (Å²) in [6.45, 7) is 0.119. The standard InChI is InChI=1S/C17H23N3O5/c21-14-13(25-17(24)16(23)15(14)22)10-20-9-12(18-19-20)8-4-7-11-5-2-1-3-6-11/h1-3,5-6,9,13-17,21-24H,4,7-8,10H2/t13-,14-,15+,16-,17?/m1/s1. The van der Waals surface area contributed by atoms with Crippen LogP contribution in [0.1, 0.15) is 17.7 Å². The lowest BCUT2D eigenvalue weighted by molar-refractivity contribution is -0.284. The number of aromatic nitrogens is 3. The van der Waals surface area contributed by atoms with Gasteiger partial charge in [0.15, 0.2) is 6.29 Å². The molecule has 1 aliphatic heterocycles. The minimum Gasteiger partial charge on any atom is -0.388 e. The van der Waals surface area contributed by atoms with Crippen LogP contribution in [0.5, 0.6) is 0 Å². The SMILES string of the molecule is OC1O[C@H](Cn2cc(CCCc3ccccc3)nn2)[C@@H](O)[C@H](O)[C@H]1O. The Kier molecular flexibility index (Phi) is 5.77. The molecule has 1 aromatic carbocycles. The smallest absolute Gasteiger partial charge is 0.184 e. The van der Waals surface area contributed by atoms with Crippen molar-refractivity contribution in [1.82, 2.24) is 15.0 Å². The van der Waals surface area contributed by atoms with Crippen LogP contribution in [0, 0.1) is 0 Å². The average molecular weight is 349 g/mol. The Morgan fingerprint density at radius 3 is 2.48 bits per heavy atom. The molecule has 0 spiro atoms. The Morgan fingerprint density at radius 1 is 0.960 bits per heavy atom. The first-order chi connectivity index (χ1) is 12.0. The van der Waals surface area contributed by atoms with Crippen molar-refractivity contribution in [3.63, 3.8) is 0 Å². The molecule has 0 bridgehead atoms. The van der Waals surface area contributed by atoms with Gasteiger partial charge >= 0.3 is 0 Å². The van der Waals surface area contributed by atoms with Crippen molar-refractivity contribution in [3.8, 4) is 0 Å². The molecule has 8 heteroatoms. The van der Waals surface area contributed by atoms with Gasteiger partial charge in [-0.15, -0.1) is 5.10 Å². The van der Waals surface area contributed by atoms with Crippen LogP contribution in [0.3, 0.4) is 0 Å². The van der Waals surface area contributed by atoms with E-state index in [0.717, 1.165) is 25.0 Å². The summed E-state index contributed by atoms with van der Waals surface area (Å²) in [5, 5.41) is 46.8. The van der Waals surface area contributed by atoms with Crippen LogP contribution in [0.4, 0.5) is 0 Å². The van der Waals surface area contributed by atoms with Gasteiger partial charge in [-0.2, -0.15) is 0 Å². The summed E-state index contributed by atoms with van der Waals surface area (Å²) < 4.78 is 6.64. The summed E-state index contributed by atoms with van der Waals surface area (Å²) in [4.78, 5) is 0. The number of aliphatic hydroxyl groups is 4. The largest absolute Gasteiger partial charge is 0.388 e. The van der Waals surface area contributed by atoms with E-state index in [1.54, 1.807) is 6.20 Å². The van der Waals surface area contributed by atoms with Crippen LogP contribution in [0.25, 0.3) is 0 Å². The monoisotopic (exact) mass is 349 g/mol. The van der Waals surface area contributed by atoms with Gasteiger partial charge in [0.2, 0.25) is 0 Å². The third-order valence-corrected chi connectivity index (χ3v) is 4.38. The highest BCUT2D eigenvalue weighted by Gasteiger charge is 2.43. The highest BCUT2D eigenvalue weighted by atomic mass is 16.6. The number of aliphatic hydroxyl groups excluding tert-OH is 4. The predicted octanol–water partition coefficient (Wildman–Crippen LogP) is -0.747. The summed E-state index contributed by atoms with van der Waals surface area (Å²) in [7, 11) is 0.